The van der Waals surface area contributed by atoms with Crippen molar-refractivity contribution >= 4 is 49.3 Å². The Morgan fingerprint density at radius 3 is 2.48 bits per heavy atom. The molecule has 0 saturated carbocycles. The van der Waals surface area contributed by atoms with E-state index in [4.69, 9.17) is 0 Å². The van der Waals surface area contributed by atoms with Crippen LogP contribution in [0.15, 0.2) is 27.3 Å². The van der Waals surface area contributed by atoms with Crippen molar-refractivity contribution in [3.63, 3.8) is 0 Å². The van der Waals surface area contributed by atoms with Crippen molar-refractivity contribution in [2.24, 2.45) is 0 Å². The molecule has 4 nitrogen and oxygen atoms in total. The lowest BCUT2D eigenvalue weighted by Gasteiger charge is -2.11. The molecule has 2 rings (SSSR count). The van der Waals surface area contributed by atoms with Crippen LogP contribution in [-0.4, -0.2) is 16.5 Å². The first-order chi connectivity index (χ1) is 10.0. The van der Waals surface area contributed by atoms with E-state index < -0.39 is 11.6 Å². The van der Waals surface area contributed by atoms with Gasteiger partial charge in [0.1, 0.15) is 5.69 Å². The van der Waals surface area contributed by atoms with Crippen molar-refractivity contribution in [2.75, 3.05) is 17.2 Å². The van der Waals surface area contributed by atoms with Crippen LogP contribution in [0.3, 0.4) is 0 Å². The van der Waals surface area contributed by atoms with Crippen LogP contribution in [0, 0.1) is 11.6 Å². The smallest absolute Gasteiger partial charge is 0.224 e. The first-order valence-electron chi connectivity index (χ1n) is 6.19. The molecule has 0 amide bonds. The van der Waals surface area contributed by atoms with Crippen molar-refractivity contribution in [1.82, 2.24) is 9.97 Å². The molecule has 1 aromatic carbocycles. The first-order valence-corrected chi connectivity index (χ1v) is 7.77. The molecule has 0 radical (unpaired) electrons. The molecule has 112 valence electrons. The fourth-order valence-corrected chi connectivity index (χ4v) is 2.25. The minimum Gasteiger partial charge on any atom is -0.354 e. The summed E-state index contributed by atoms with van der Waals surface area (Å²) in [6.07, 6.45) is 2.43. The minimum absolute atomic E-state index is 0.265. The van der Waals surface area contributed by atoms with Gasteiger partial charge >= 0.3 is 0 Å². The second-order valence-corrected chi connectivity index (χ2v) is 5.96. The van der Waals surface area contributed by atoms with Gasteiger partial charge in [-0.1, -0.05) is 22.9 Å². The van der Waals surface area contributed by atoms with E-state index in [9.17, 15) is 8.78 Å². The molecule has 1 aromatic heterocycles. The topological polar surface area (TPSA) is 49.8 Å². The maximum Gasteiger partial charge on any atom is 0.224 e. The molecule has 0 saturated heterocycles. The molecule has 0 unspecified atom stereocenters. The van der Waals surface area contributed by atoms with Gasteiger partial charge in [-0.15, -0.1) is 0 Å². The SMILES string of the molecule is CCCNc1ncc(Br)c(Nc2c(F)cc(Br)cc2F)n1. The molecular formula is C13H12Br2F2N4. The Morgan fingerprint density at radius 2 is 1.86 bits per heavy atom. The highest BCUT2D eigenvalue weighted by Crippen LogP contribution is 2.29. The molecule has 1 heterocycles. The highest BCUT2D eigenvalue weighted by Gasteiger charge is 2.13. The third kappa shape index (κ3) is 4.10. The molecule has 0 bridgehead atoms. The zero-order valence-electron chi connectivity index (χ0n) is 11.1. The van der Waals surface area contributed by atoms with Crippen LogP contribution in [0.1, 0.15) is 13.3 Å². The van der Waals surface area contributed by atoms with Gasteiger partial charge in [-0.05, 0) is 34.5 Å². The molecule has 2 aromatic rings. The monoisotopic (exact) mass is 420 g/mol. The molecule has 0 fully saturated rings. The van der Waals surface area contributed by atoms with Crippen molar-refractivity contribution in [2.45, 2.75) is 13.3 Å². The van der Waals surface area contributed by atoms with Gasteiger partial charge in [0, 0.05) is 17.2 Å². The first kappa shape index (κ1) is 16.1. The zero-order chi connectivity index (χ0) is 15.4. The number of aromatic nitrogens is 2. The summed E-state index contributed by atoms with van der Waals surface area (Å²) < 4.78 is 28.5. The van der Waals surface area contributed by atoms with Crippen LogP contribution in [0.25, 0.3) is 0 Å². The summed E-state index contributed by atoms with van der Waals surface area (Å²) >= 11 is 6.28. The Kier molecular flexibility index (Phi) is 5.46. The van der Waals surface area contributed by atoms with Crippen LogP contribution in [0.4, 0.5) is 26.2 Å². The van der Waals surface area contributed by atoms with E-state index in [0.717, 1.165) is 6.42 Å². The van der Waals surface area contributed by atoms with Crippen LogP contribution in [0.2, 0.25) is 0 Å². The molecule has 0 aliphatic heterocycles. The van der Waals surface area contributed by atoms with E-state index in [2.05, 4.69) is 52.5 Å². The van der Waals surface area contributed by atoms with E-state index in [0.29, 0.717) is 21.4 Å². The van der Waals surface area contributed by atoms with E-state index in [-0.39, 0.29) is 11.5 Å². The predicted octanol–water partition coefficient (Wildman–Crippen LogP) is 4.85. The number of benzene rings is 1. The number of rotatable bonds is 5. The zero-order valence-corrected chi connectivity index (χ0v) is 14.2. The molecule has 8 heteroatoms. The van der Waals surface area contributed by atoms with E-state index in [1.54, 1.807) is 0 Å². The minimum atomic E-state index is -0.713. The van der Waals surface area contributed by atoms with Crippen LogP contribution in [0.5, 0.6) is 0 Å². The van der Waals surface area contributed by atoms with E-state index in [1.807, 2.05) is 6.92 Å². The second-order valence-electron chi connectivity index (χ2n) is 4.19. The fraction of sp³-hybridized carbons (Fsp3) is 0.231. The molecule has 0 aliphatic carbocycles. The lowest BCUT2D eigenvalue weighted by atomic mass is 10.3. The summed E-state index contributed by atoms with van der Waals surface area (Å²) in [5, 5.41) is 5.65. The molecular weight excluding hydrogens is 410 g/mol. The summed E-state index contributed by atoms with van der Waals surface area (Å²) in [4.78, 5) is 8.26. The van der Waals surface area contributed by atoms with Gasteiger partial charge in [0.05, 0.1) is 4.47 Å². The second kappa shape index (κ2) is 7.13. The van der Waals surface area contributed by atoms with Crippen LogP contribution < -0.4 is 10.6 Å². The average Bonchev–Trinajstić information content (AvgIpc) is 2.43. The van der Waals surface area contributed by atoms with Gasteiger partial charge in [0.25, 0.3) is 0 Å². The fourth-order valence-electron chi connectivity index (χ4n) is 1.56. The van der Waals surface area contributed by atoms with Gasteiger partial charge in [-0.2, -0.15) is 4.98 Å². The number of hydrogen-bond acceptors (Lipinski definition) is 4. The van der Waals surface area contributed by atoms with Gasteiger partial charge in [-0.3, -0.25) is 0 Å². The standard InChI is InChI=1S/C13H12Br2F2N4/c1-2-3-18-13-19-6-8(15)12(21-13)20-11-9(16)4-7(14)5-10(11)17/h4-6H,2-3H2,1H3,(H2,18,19,20,21). The molecule has 0 spiro atoms. The maximum atomic E-state index is 13.8. The number of nitrogens with one attached hydrogen (secondary N) is 2. The number of anilines is 3. The molecule has 2 N–H and O–H groups in total. The third-order valence-electron chi connectivity index (χ3n) is 2.53. The largest absolute Gasteiger partial charge is 0.354 e. The Morgan fingerprint density at radius 1 is 1.19 bits per heavy atom. The Labute approximate surface area is 137 Å². The number of hydrogen-bond donors (Lipinski definition) is 2. The van der Waals surface area contributed by atoms with Gasteiger partial charge in [-0.25, -0.2) is 13.8 Å². The van der Waals surface area contributed by atoms with Gasteiger partial charge in [0.2, 0.25) is 5.95 Å². The highest BCUT2D eigenvalue weighted by molar-refractivity contribution is 9.10. The number of halogens is 4. The predicted molar refractivity (Wildman–Crippen MR) is 85.9 cm³/mol. The summed E-state index contributed by atoms with van der Waals surface area (Å²) in [6.45, 7) is 2.72. The van der Waals surface area contributed by atoms with Crippen molar-refractivity contribution in [3.8, 4) is 0 Å². The Hall–Kier alpha value is -1.28. The lowest BCUT2D eigenvalue weighted by molar-refractivity contribution is 0.589. The Bertz CT molecular complexity index is 629. The molecule has 0 atom stereocenters. The maximum absolute atomic E-state index is 13.8. The van der Waals surface area contributed by atoms with E-state index in [1.165, 1.54) is 18.3 Å². The Balaban J connectivity index is 2.31. The third-order valence-corrected chi connectivity index (χ3v) is 3.57. The molecule has 21 heavy (non-hydrogen) atoms. The van der Waals surface area contributed by atoms with Crippen LogP contribution >= 0.6 is 31.9 Å². The normalized spacial score (nSPS) is 10.5. The average molecular weight is 422 g/mol. The van der Waals surface area contributed by atoms with Crippen molar-refractivity contribution in [1.29, 1.82) is 0 Å². The van der Waals surface area contributed by atoms with Crippen molar-refractivity contribution < 1.29 is 8.78 Å². The quantitative estimate of drug-likeness (QED) is 0.724. The van der Waals surface area contributed by atoms with E-state index >= 15 is 0 Å². The van der Waals surface area contributed by atoms with Crippen molar-refractivity contribution in [3.05, 3.63) is 38.9 Å². The lowest BCUT2D eigenvalue weighted by Crippen LogP contribution is -2.07. The summed E-state index contributed by atoms with van der Waals surface area (Å²) in [5.74, 6) is -0.755. The summed E-state index contributed by atoms with van der Waals surface area (Å²) in [7, 11) is 0. The number of nitrogens with zero attached hydrogens (tertiary/aromatic N) is 2. The summed E-state index contributed by atoms with van der Waals surface area (Å²) in [6, 6.07) is 2.35. The van der Waals surface area contributed by atoms with Gasteiger partial charge in [0.15, 0.2) is 17.5 Å². The summed E-state index contributed by atoms with van der Waals surface area (Å²) in [5.41, 5.74) is -0.265. The highest BCUT2D eigenvalue weighted by atomic mass is 79.9. The van der Waals surface area contributed by atoms with Crippen LogP contribution in [-0.2, 0) is 0 Å². The van der Waals surface area contributed by atoms with Gasteiger partial charge < -0.3 is 10.6 Å². The molecule has 0 aliphatic rings.